The van der Waals surface area contributed by atoms with Crippen LogP contribution in [0.5, 0.6) is 0 Å². The van der Waals surface area contributed by atoms with Gasteiger partial charge in [-0.05, 0) is 44.4 Å². The Morgan fingerprint density at radius 2 is 1.61 bits per heavy atom. The van der Waals surface area contributed by atoms with Gasteiger partial charge in [-0.2, -0.15) is 0 Å². The number of ether oxygens (including phenoxy) is 4. The van der Waals surface area contributed by atoms with Gasteiger partial charge in [0.1, 0.15) is 0 Å². The number of carbonyl (C=O) groups excluding carboxylic acids is 3. The number of fused-ring (bicyclic) bond motifs is 1. The minimum absolute atomic E-state index is 0.0760. The summed E-state index contributed by atoms with van der Waals surface area (Å²) in [6.45, 7) is 5.68. The Morgan fingerprint density at radius 3 is 2.13 bits per heavy atom. The molecular weight excluding hydrogens is 468 g/mol. The predicted octanol–water partition coefficient (Wildman–Crippen LogP) is 3.69. The first kappa shape index (κ1) is 23.5. The number of benzene rings is 1. The highest BCUT2D eigenvalue weighted by atomic mass is 79.9. The van der Waals surface area contributed by atoms with E-state index in [9.17, 15) is 14.4 Å². The van der Waals surface area contributed by atoms with Crippen LogP contribution in [0.2, 0.25) is 0 Å². The smallest absolute Gasteiger partial charge is 0.342 e. The lowest BCUT2D eigenvalue weighted by Gasteiger charge is -2.42. The molecule has 2 aliphatic rings. The summed E-state index contributed by atoms with van der Waals surface area (Å²) in [6, 6.07) is 7.47. The molecule has 1 aromatic carbocycles. The molecule has 0 radical (unpaired) electrons. The van der Waals surface area contributed by atoms with Gasteiger partial charge in [0.15, 0.2) is 11.0 Å². The summed E-state index contributed by atoms with van der Waals surface area (Å²) in [7, 11) is 2.50. The number of methoxy groups -OCH3 is 2. The summed E-state index contributed by atoms with van der Waals surface area (Å²) in [5.74, 6) is -1.83. The fourth-order valence-electron chi connectivity index (χ4n) is 4.80. The van der Waals surface area contributed by atoms with Crippen LogP contribution >= 0.6 is 15.9 Å². The second kappa shape index (κ2) is 8.39. The summed E-state index contributed by atoms with van der Waals surface area (Å²) in [5.41, 5.74) is -1.39. The molecule has 0 unspecified atom stereocenters. The standard InChI is InChI=1S/C23H27BrO7/c1-6-30-18(25)22(3)17(14-7-9-15(24)10-8-14)16-11-23(19(26)28-4,20(27)29-5)12-21(16,2)13-31-22/h7-10H,6,11-13H2,1-5H3/t21-,22+/m1/s1. The van der Waals surface area contributed by atoms with E-state index < -0.39 is 34.3 Å². The van der Waals surface area contributed by atoms with E-state index in [-0.39, 0.29) is 26.1 Å². The molecule has 3 rings (SSSR count). The van der Waals surface area contributed by atoms with E-state index in [0.29, 0.717) is 5.57 Å². The Bertz CT molecular complexity index is 920. The molecule has 0 bridgehead atoms. The molecule has 0 N–H and O–H groups in total. The van der Waals surface area contributed by atoms with E-state index in [0.717, 1.165) is 15.6 Å². The SMILES string of the molecule is CCOC(=O)[C@@]1(C)OC[C@@]2(C)CC(C(=O)OC)(C(=O)OC)CC2=C1c1ccc(Br)cc1. The molecule has 1 fully saturated rings. The summed E-state index contributed by atoms with van der Waals surface area (Å²) < 4.78 is 22.4. The number of hydrogen-bond acceptors (Lipinski definition) is 7. The molecule has 8 heteroatoms. The maximum atomic E-state index is 13.0. The molecule has 1 aromatic rings. The van der Waals surface area contributed by atoms with Crippen molar-refractivity contribution in [1.82, 2.24) is 0 Å². The van der Waals surface area contributed by atoms with Crippen molar-refractivity contribution < 1.29 is 33.3 Å². The Kier molecular flexibility index (Phi) is 6.35. The third-order valence-electron chi connectivity index (χ3n) is 6.31. The zero-order chi connectivity index (χ0) is 23.0. The van der Waals surface area contributed by atoms with Gasteiger partial charge in [-0.15, -0.1) is 0 Å². The minimum atomic E-state index is -1.50. The lowest BCUT2D eigenvalue weighted by atomic mass is 9.73. The van der Waals surface area contributed by atoms with Gasteiger partial charge in [0, 0.05) is 15.5 Å². The number of esters is 3. The van der Waals surface area contributed by atoms with Gasteiger partial charge >= 0.3 is 17.9 Å². The van der Waals surface area contributed by atoms with Gasteiger partial charge in [-0.25, -0.2) is 4.79 Å². The molecule has 1 aliphatic carbocycles. The molecule has 0 amide bonds. The highest BCUT2D eigenvalue weighted by molar-refractivity contribution is 9.10. The second-order valence-electron chi connectivity index (χ2n) is 8.38. The predicted molar refractivity (Wildman–Crippen MR) is 116 cm³/mol. The Labute approximate surface area is 190 Å². The van der Waals surface area contributed by atoms with Crippen molar-refractivity contribution in [2.24, 2.45) is 10.8 Å². The quantitative estimate of drug-likeness (QED) is 0.350. The number of halogens is 1. The molecule has 7 nitrogen and oxygen atoms in total. The van der Waals surface area contributed by atoms with Crippen LogP contribution in [0.4, 0.5) is 0 Å². The molecule has 0 saturated heterocycles. The van der Waals surface area contributed by atoms with Crippen molar-refractivity contribution >= 4 is 39.4 Å². The van der Waals surface area contributed by atoms with Crippen molar-refractivity contribution in [3.05, 3.63) is 39.9 Å². The van der Waals surface area contributed by atoms with E-state index >= 15 is 0 Å². The zero-order valence-electron chi connectivity index (χ0n) is 18.4. The van der Waals surface area contributed by atoms with Gasteiger partial charge in [-0.1, -0.05) is 40.6 Å². The first-order chi connectivity index (χ1) is 14.6. The van der Waals surface area contributed by atoms with Crippen LogP contribution in [0.15, 0.2) is 34.3 Å². The van der Waals surface area contributed by atoms with E-state index in [1.54, 1.807) is 13.8 Å². The first-order valence-corrected chi connectivity index (χ1v) is 10.9. The van der Waals surface area contributed by atoms with Crippen LogP contribution < -0.4 is 0 Å². The average Bonchev–Trinajstić information content (AvgIpc) is 3.08. The highest BCUT2D eigenvalue weighted by Crippen LogP contribution is 2.60. The van der Waals surface area contributed by atoms with Gasteiger partial charge in [0.05, 0.1) is 27.4 Å². The van der Waals surface area contributed by atoms with Crippen LogP contribution in [0.1, 0.15) is 39.2 Å². The lowest BCUT2D eigenvalue weighted by molar-refractivity contribution is -0.172. The molecule has 1 heterocycles. The summed E-state index contributed by atoms with van der Waals surface area (Å²) >= 11 is 3.43. The molecule has 1 saturated carbocycles. The van der Waals surface area contributed by atoms with E-state index in [2.05, 4.69) is 15.9 Å². The Morgan fingerprint density at radius 1 is 1.03 bits per heavy atom. The lowest BCUT2D eigenvalue weighted by Crippen LogP contribution is -2.48. The third kappa shape index (κ3) is 3.69. The van der Waals surface area contributed by atoms with Crippen LogP contribution in [0.3, 0.4) is 0 Å². The third-order valence-corrected chi connectivity index (χ3v) is 6.84. The Balaban J connectivity index is 2.29. The maximum Gasteiger partial charge on any atom is 0.342 e. The van der Waals surface area contributed by atoms with Crippen LogP contribution in [0, 0.1) is 10.8 Å². The summed E-state index contributed by atoms with van der Waals surface area (Å²) in [5, 5.41) is 0. The number of rotatable bonds is 5. The maximum absolute atomic E-state index is 13.0. The number of hydrogen-bond donors (Lipinski definition) is 0. The summed E-state index contributed by atoms with van der Waals surface area (Å²) in [4.78, 5) is 38.7. The topological polar surface area (TPSA) is 88.1 Å². The molecular formula is C23H27BrO7. The highest BCUT2D eigenvalue weighted by Gasteiger charge is 2.64. The largest absolute Gasteiger partial charge is 0.468 e. The normalized spacial score (nSPS) is 26.8. The number of carbonyl (C=O) groups is 3. The average molecular weight is 495 g/mol. The minimum Gasteiger partial charge on any atom is -0.468 e. The van der Waals surface area contributed by atoms with Crippen LogP contribution in [0.25, 0.3) is 5.57 Å². The fraction of sp³-hybridized carbons (Fsp3) is 0.522. The van der Waals surface area contributed by atoms with Gasteiger partial charge in [0.2, 0.25) is 0 Å². The van der Waals surface area contributed by atoms with Crippen LogP contribution in [-0.4, -0.2) is 50.9 Å². The van der Waals surface area contributed by atoms with E-state index in [4.69, 9.17) is 18.9 Å². The van der Waals surface area contributed by atoms with Crippen molar-refractivity contribution in [1.29, 1.82) is 0 Å². The van der Waals surface area contributed by atoms with Crippen molar-refractivity contribution in [2.75, 3.05) is 27.4 Å². The zero-order valence-corrected chi connectivity index (χ0v) is 20.0. The van der Waals surface area contributed by atoms with Crippen LogP contribution in [-0.2, 0) is 33.3 Å². The second-order valence-corrected chi connectivity index (χ2v) is 9.30. The fourth-order valence-corrected chi connectivity index (χ4v) is 5.07. The van der Waals surface area contributed by atoms with Gasteiger partial charge in [-0.3, -0.25) is 9.59 Å². The molecule has 0 spiro atoms. The molecule has 2 atom stereocenters. The van der Waals surface area contributed by atoms with Crippen molar-refractivity contribution in [3.63, 3.8) is 0 Å². The van der Waals surface area contributed by atoms with Gasteiger partial charge in [0.25, 0.3) is 0 Å². The van der Waals surface area contributed by atoms with E-state index in [1.165, 1.54) is 14.2 Å². The summed E-state index contributed by atoms with van der Waals surface area (Å²) in [6.07, 6.45) is 0.236. The first-order valence-electron chi connectivity index (χ1n) is 10.1. The monoisotopic (exact) mass is 494 g/mol. The molecule has 168 valence electrons. The van der Waals surface area contributed by atoms with Crippen molar-refractivity contribution in [3.8, 4) is 0 Å². The Hall–Kier alpha value is -2.19. The van der Waals surface area contributed by atoms with Gasteiger partial charge < -0.3 is 18.9 Å². The van der Waals surface area contributed by atoms with Crippen molar-refractivity contribution in [2.45, 2.75) is 39.2 Å². The molecule has 1 aliphatic heterocycles. The van der Waals surface area contributed by atoms with E-state index in [1.807, 2.05) is 31.2 Å². The molecule has 0 aromatic heterocycles. The molecule has 31 heavy (non-hydrogen) atoms.